The molecular formula is C21H17N5O. The van der Waals surface area contributed by atoms with Crippen molar-refractivity contribution in [1.82, 2.24) is 15.2 Å². The van der Waals surface area contributed by atoms with Crippen molar-refractivity contribution in [2.45, 2.75) is 0 Å². The molecule has 0 radical (unpaired) electrons. The molecule has 0 fully saturated rings. The quantitative estimate of drug-likeness (QED) is 0.430. The Labute approximate surface area is 156 Å². The summed E-state index contributed by atoms with van der Waals surface area (Å²) < 4.78 is 5.47. The number of ether oxygens (including phenoxy) is 1. The Morgan fingerprint density at radius 1 is 0.963 bits per heavy atom. The third-order valence-corrected chi connectivity index (χ3v) is 4.14. The number of hydrogen-bond donors (Lipinski definition) is 1. The first-order valence-electron chi connectivity index (χ1n) is 8.45. The predicted octanol–water partition coefficient (Wildman–Crippen LogP) is 4.15. The molecule has 6 heteroatoms. The fourth-order valence-corrected chi connectivity index (χ4v) is 2.84. The molecule has 3 aromatic carbocycles. The summed E-state index contributed by atoms with van der Waals surface area (Å²) in [6.45, 7) is 0. The van der Waals surface area contributed by atoms with Gasteiger partial charge in [0, 0.05) is 11.1 Å². The summed E-state index contributed by atoms with van der Waals surface area (Å²) in [5, 5.41) is 14.4. The summed E-state index contributed by atoms with van der Waals surface area (Å²) in [5.74, 6) is 1.07. The number of nitrogens with one attached hydrogen (secondary N) is 1. The summed E-state index contributed by atoms with van der Waals surface area (Å²) in [6, 6.07) is 21.8. The Hall–Kier alpha value is -3.80. The molecule has 0 atom stereocenters. The first kappa shape index (κ1) is 16.7. The van der Waals surface area contributed by atoms with Gasteiger partial charge in [-0.1, -0.05) is 60.7 Å². The second kappa shape index (κ2) is 7.61. The van der Waals surface area contributed by atoms with Crippen LogP contribution < -0.4 is 10.2 Å². The van der Waals surface area contributed by atoms with Gasteiger partial charge in [0.25, 0.3) is 5.95 Å². The number of anilines is 1. The van der Waals surface area contributed by atoms with E-state index in [9.17, 15) is 0 Å². The monoisotopic (exact) mass is 355 g/mol. The van der Waals surface area contributed by atoms with Crippen molar-refractivity contribution in [1.29, 1.82) is 0 Å². The highest BCUT2D eigenvalue weighted by Gasteiger charge is 2.06. The van der Waals surface area contributed by atoms with E-state index in [0.29, 0.717) is 5.95 Å². The highest BCUT2D eigenvalue weighted by Crippen LogP contribution is 2.26. The maximum absolute atomic E-state index is 5.47. The van der Waals surface area contributed by atoms with Gasteiger partial charge in [-0.25, -0.2) is 10.4 Å². The van der Waals surface area contributed by atoms with Crippen molar-refractivity contribution in [3.8, 4) is 17.0 Å². The maximum Gasteiger partial charge on any atom is 0.263 e. The normalized spacial score (nSPS) is 11.0. The van der Waals surface area contributed by atoms with Gasteiger partial charge in [-0.15, -0.1) is 5.10 Å². The van der Waals surface area contributed by atoms with Crippen LogP contribution in [0.2, 0.25) is 0 Å². The van der Waals surface area contributed by atoms with Crippen LogP contribution in [0.4, 0.5) is 5.95 Å². The Morgan fingerprint density at radius 2 is 1.78 bits per heavy atom. The van der Waals surface area contributed by atoms with Crippen molar-refractivity contribution in [3.63, 3.8) is 0 Å². The molecule has 27 heavy (non-hydrogen) atoms. The van der Waals surface area contributed by atoms with Crippen LogP contribution in [0.3, 0.4) is 0 Å². The number of methoxy groups -OCH3 is 1. The highest BCUT2D eigenvalue weighted by atomic mass is 16.5. The summed E-state index contributed by atoms with van der Waals surface area (Å²) in [5.41, 5.74) is 5.43. The average Bonchev–Trinajstić information content (AvgIpc) is 2.74. The SMILES string of the molecule is COc1ccc2ccccc2c1/C=N/Nc1nncc(-c2ccccc2)n1. The van der Waals surface area contributed by atoms with Crippen molar-refractivity contribution >= 4 is 22.9 Å². The molecule has 4 rings (SSSR count). The number of hydrogen-bond acceptors (Lipinski definition) is 6. The van der Waals surface area contributed by atoms with Crippen LogP contribution in [-0.4, -0.2) is 28.5 Å². The lowest BCUT2D eigenvalue weighted by Crippen LogP contribution is -2.00. The number of benzene rings is 3. The Morgan fingerprint density at radius 3 is 2.63 bits per heavy atom. The minimum atomic E-state index is 0.326. The zero-order valence-corrected chi connectivity index (χ0v) is 14.7. The standard InChI is InChI=1S/C21H17N5O/c1-27-20-12-11-15-7-5-6-10-17(15)18(20)13-22-25-21-24-19(14-23-26-21)16-8-3-2-4-9-16/h2-14H,1H3,(H,24,25,26)/b22-13+. The second-order valence-electron chi connectivity index (χ2n) is 5.80. The zero-order chi connectivity index (χ0) is 18.5. The molecule has 0 bridgehead atoms. The third-order valence-electron chi connectivity index (χ3n) is 4.14. The highest BCUT2D eigenvalue weighted by molar-refractivity contribution is 6.02. The molecule has 4 aromatic rings. The van der Waals surface area contributed by atoms with Crippen LogP contribution >= 0.6 is 0 Å². The minimum Gasteiger partial charge on any atom is -0.496 e. The van der Waals surface area contributed by atoms with Crippen molar-refractivity contribution in [2.75, 3.05) is 12.5 Å². The van der Waals surface area contributed by atoms with E-state index in [2.05, 4.69) is 31.8 Å². The number of nitrogens with zero attached hydrogens (tertiary/aromatic N) is 4. The predicted molar refractivity (Wildman–Crippen MR) is 107 cm³/mol. The summed E-state index contributed by atoms with van der Waals surface area (Å²) in [4.78, 5) is 4.45. The smallest absolute Gasteiger partial charge is 0.263 e. The van der Waals surface area contributed by atoms with E-state index >= 15 is 0 Å². The molecule has 0 unspecified atom stereocenters. The number of hydrazone groups is 1. The maximum atomic E-state index is 5.47. The molecule has 1 aromatic heterocycles. The van der Waals surface area contributed by atoms with E-state index in [1.54, 1.807) is 19.5 Å². The molecule has 0 aliphatic rings. The van der Waals surface area contributed by atoms with Crippen molar-refractivity contribution < 1.29 is 4.74 Å². The molecule has 0 amide bonds. The van der Waals surface area contributed by atoms with Crippen LogP contribution in [0.15, 0.2) is 78.0 Å². The van der Waals surface area contributed by atoms with Crippen LogP contribution in [0.1, 0.15) is 5.56 Å². The fraction of sp³-hybridized carbons (Fsp3) is 0.0476. The fourth-order valence-electron chi connectivity index (χ4n) is 2.84. The molecule has 1 N–H and O–H groups in total. The summed E-state index contributed by atoms with van der Waals surface area (Å²) in [6.07, 6.45) is 3.33. The first-order chi connectivity index (χ1) is 13.3. The van der Waals surface area contributed by atoms with Gasteiger partial charge < -0.3 is 4.74 Å². The third kappa shape index (κ3) is 3.59. The average molecular weight is 355 g/mol. The summed E-state index contributed by atoms with van der Waals surface area (Å²) in [7, 11) is 1.64. The van der Waals surface area contributed by atoms with Crippen LogP contribution in [-0.2, 0) is 0 Å². The van der Waals surface area contributed by atoms with Crippen molar-refractivity contribution in [3.05, 3.63) is 78.5 Å². The van der Waals surface area contributed by atoms with E-state index in [0.717, 1.165) is 33.3 Å². The molecular weight excluding hydrogens is 338 g/mol. The lowest BCUT2D eigenvalue weighted by molar-refractivity contribution is 0.415. The molecule has 132 valence electrons. The minimum absolute atomic E-state index is 0.326. The van der Waals surface area contributed by atoms with Gasteiger partial charge in [-0.3, -0.25) is 0 Å². The largest absolute Gasteiger partial charge is 0.496 e. The zero-order valence-electron chi connectivity index (χ0n) is 14.7. The first-order valence-corrected chi connectivity index (χ1v) is 8.45. The van der Waals surface area contributed by atoms with Gasteiger partial charge in [0.2, 0.25) is 0 Å². The van der Waals surface area contributed by atoms with Crippen LogP contribution in [0.25, 0.3) is 22.0 Å². The number of rotatable bonds is 5. The van der Waals surface area contributed by atoms with Gasteiger partial charge in [-0.05, 0) is 16.8 Å². The van der Waals surface area contributed by atoms with Gasteiger partial charge >= 0.3 is 0 Å². The molecule has 6 nitrogen and oxygen atoms in total. The Bertz CT molecular complexity index is 1100. The Balaban J connectivity index is 1.61. The van der Waals surface area contributed by atoms with E-state index < -0.39 is 0 Å². The van der Waals surface area contributed by atoms with Crippen LogP contribution in [0, 0.1) is 0 Å². The van der Waals surface area contributed by atoms with Gasteiger partial charge in [0.1, 0.15) is 5.75 Å². The van der Waals surface area contributed by atoms with E-state index in [-0.39, 0.29) is 0 Å². The summed E-state index contributed by atoms with van der Waals surface area (Å²) >= 11 is 0. The van der Waals surface area contributed by atoms with Gasteiger partial charge in [0.05, 0.1) is 25.2 Å². The molecule has 0 aliphatic heterocycles. The topological polar surface area (TPSA) is 72.3 Å². The van der Waals surface area contributed by atoms with Crippen LogP contribution in [0.5, 0.6) is 5.75 Å². The number of fused-ring (bicyclic) bond motifs is 1. The lowest BCUT2D eigenvalue weighted by Gasteiger charge is -2.08. The molecule has 1 heterocycles. The van der Waals surface area contributed by atoms with Gasteiger partial charge in [-0.2, -0.15) is 10.2 Å². The second-order valence-corrected chi connectivity index (χ2v) is 5.80. The molecule has 0 aliphatic carbocycles. The molecule has 0 spiro atoms. The molecule has 0 saturated heterocycles. The lowest BCUT2D eigenvalue weighted by atomic mass is 10.0. The Kier molecular flexibility index (Phi) is 4.70. The van der Waals surface area contributed by atoms with Crippen molar-refractivity contribution in [2.24, 2.45) is 5.10 Å². The van der Waals surface area contributed by atoms with Gasteiger partial charge in [0.15, 0.2) is 0 Å². The van der Waals surface area contributed by atoms with E-state index in [1.807, 2.05) is 60.7 Å². The van der Waals surface area contributed by atoms with E-state index in [4.69, 9.17) is 4.74 Å². The molecule has 0 saturated carbocycles. The number of aromatic nitrogens is 3. The van der Waals surface area contributed by atoms with E-state index in [1.165, 1.54) is 0 Å².